The first-order valence-electron chi connectivity index (χ1n) is 18.8. The van der Waals surface area contributed by atoms with Crippen molar-refractivity contribution in [2.45, 2.75) is 226 Å². The van der Waals surface area contributed by atoms with Crippen molar-refractivity contribution in [2.75, 3.05) is 0 Å². The summed E-state index contributed by atoms with van der Waals surface area (Å²) in [5, 5.41) is 0. The molecule has 0 atom stereocenters. The number of imidazole rings is 1. The van der Waals surface area contributed by atoms with Gasteiger partial charge in [-0.1, -0.05) is 182 Å². The van der Waals surface area contributed by atoms with Gasteiger partial charge in [0.1, 0.15) is 12.4 Å². The van der Waals surface area contributed by atoms with E-state index in [-0.39, 0.29) is 0 Å². The number of hydrogen-bond donors (Lipinski definition) is 0. The van der Waals surface area contributed by atoms with Crippen molar-refractivity contribution in [3.8, 4) is 0 Å². The number of unbranched alkanes of at least 4 members (excludes halogenated alkanes) is 26. The van der Waals surface area contributed by atoms with Gasteiger partial charge in [0.05, 0.1) is 19.0 Å². The molecule has 0 unspecified atom stereocenters. The summed E-state index contributed by atoms with van der Waals surface area (Å²) in [6, 6.07) is 0. The molecule has 0 N–H and O–H groups in total. The minimum atomic E-state index is 0.605. The highest BCUT2D eigenvalue weighted by Gasteiger charge is 2.20. The minimum Gasteiger partial charge on any atom is -0.234 e. The molecule has 0 bridgehead atoms. The lowest BCUT2D eigenvalue weighted by Gasteiger charge is -2.08. The zero-order valence-electron chi connectivity index (χ0n) is 28.3. The summed E-state index contributed by atoms with van der Waals surface area (Å²) in [5.74, 6) is 2.15. The van der Waals surface area contributed by atoms with Crippen LogP contribution in [0.1, 0.15) is 219 Å². The fourth-order valence-electron chi connectivity index (χ4n) is 6.47. The van der Waals surface area contributed by atoms with Crippen LogP contribution < -0.4 is 4.57 Å². The van der Waals surface area contributed by atoms with Gasteiger partial charge in [0.25, 0.3) is 5.82 Å². The van der Waals surface area contributed by atoms with Crippen LogP contribution in [0.2, 0.25) is 0 Å². The maximum absolute atomic E-state index is 2.56. The predicted octanol–water partition coefficient (Wildman–Crippen LogP) is 12.9. The van der Waals surface area contributed by atoms with Crippen molar-refractivity contribution in [3.05, 3.63) is 18.2 Å². The van der Waals surface area contributed by atoms with Crippen LogP contribution >= 0.6 is 0 Å². The lowest BCUT2D eigenvalue weighted by Crippen LogP contribution is -2.38. The highest BCUT2D eigenvalue weighted by atomic mass is 15.1. The Balaban J connectivity index is 2.01. The molecule has 2 nitrogen and oxygen atoms in total. The van der Waals surface area contributed by atoms with Gasteiger partial charge in [0, 0.05) is 0 Å². The molecule has 0 radical (unpaired) electrons. The summed E-state index contributed by atoms with van der Waals surface area (Å²) < 4.78 is 5.13. The van der Waals surface area contributed by atoms with Crippen molar-refractivity contribution in [1.82, 2.24) is 4.57 Å². The molecule has 0 aliphatic rings. The van der Waals surface area contributed by atoms with E-state index in [1.807, 2.05) is 0 Å². The van der Waals surface area contributed by atoms with Gasteiger partial charge in [-0.25, -0.2) is 9.13 Å². The van der Waals surface area contributed by atoms with E-state index in [4.69, 9.17) is 0 Å². The van der Waals surface area contributed by atoms with Gasteiger partial charge in [-0.15, -0.1) is 0 Å². The van der Waals surface area contributed by atoms with Crippen molar-refractivity contribution in [3.63, 3.8) is 0 Å². The molecule has 1 rings (SSSR count). The second kappa shape index (κ2) is 28.3. The maximum atomic E-state index is 2.56. The SMILES string of the molecule is CCCCCCCCCCCCCCCCCCn1cc[n+](CCCCCCCCCCCCCC)c1C(C)C. The van der Waals surface area contributed by atoms with Crippen molar-refractivity contribution in [1.29, 1.82) is 0 Å². The van der Waals surface area contributed by atoms with Gasteiger partial charge in [-0.3, -0.25) is 0 Å². The molecular formula is C38H75N2+. The molecule has 1 aromatic rings. The fraction of sp³-hybridized carbons (Fsp3) is 0.921. The molecule has 0 aliphatic heterocycles. The molecule has 0 saturated heterocycles. The summed E-state index contributed by atoms with van der Waals surface area (Å²) in [7, 11) is 0. The smallest absolute Gasteiger partial charge is 0.234 e. The van der Waals surface area contributed by atoms with Gasteiger partial charge in [0.15, 0.2) is 0 Å². The molecule has 0 aliphatic carbocycles. The first-order valence-corrected chi connectivity index (χ1v) is 18.8. The van der Waals surface area contributed by atoms with Crippen LogP contribution in [0.15, 0.2) is 12.4 Å². The Morgan fingerprint density at radius 2 is 0.800 bits per heavy atom. The topological polar surface area (TPSA) is 8.81 Å². The van der Waals surface area contributed by atoms with E-state index in [0.29, 0.717) is 5.92 Å². The molecular weight excluding hydrogens is 484 g/mol. The Bertz CT molecular complexity index is 631. The van der Waals surface area contributed by atoms with E-state index < -0.39 is 0 Å². The molecule has 0 aromatic carbocycles. The molecule has 0 fully saturated rings. The average Bonchev–Trinajstić information content (AvgIpc) is 3.36. The Morgan fingerprint density at radius 3 is 1.15 bits per heavy atom. The van der Waals surface area contributed by atoms with Crippen molar-refractivity contribution in [2.24, 2.45) is 0 Å². The zero-order chi connectivity index (χ0) is 28.9. The monoisotopic (exact) mass is 560 g/mol. The van der Waals surface area contributed by atoms with E-state index in [1.165, 1.54) is 193 Å². The number of aryl methyl sites for hydroxylation is 2. The van der Waals surface area contributed by atoms with Crippen LogP contribution in [0, 0.1) is 0 Å². The molecule has 1 aromatic heterocycles. The molecule has 0 saturated carbocycles. The molecule has 2 heteroatoms. The van der Waals surface area contributed by atoms with E-state index >= 15 is 0 Å². The van der Waals surface area contributed by atoms with E-state index in [0.717, 1.165) is 0 Å². The highest BCUT2D eigenvalue weighted by Crippen LogP contribution is 2.16. The summed E-state index contributed by atoms with van der Waals surface area (Å²) in [4.78, 5) is 0. The average molecular weight is 560 g/mol. The molecule has 1 heterocycles. The molecule has 0 amide bonds. The summed E-state index contributed by atoms with van der Waals surface area (Å²) in [5.41, 5.74) is 0. The van der Waals surface area contributed by atoms with E-state index in [1.54, 1.807) is 5.82 Å². The largest absolute Gasteiger partial charge is 0.258 e. The van der Waals surface area contributed by atoms with Crippen LogP contribution in [0.3, 0.4) is 0 Å². The van der Waals surface area contributed by atoms with Crippen LogP contribution in [0.25, 0.3) is 0 Å². The molecule has 236 valence electrons. The zero-order valence-corrected chi connectivity index (χ0v) is 28.3. The minimum absolute atomic E-state index is 0.605. The predicted molar refractivity (Wildman–Crippen MR) is 179 cm³/mol. The van der Waals surface area contributed by atoms with Crippen LogP contribution in [0.5, 0.6) is 0 Å². The fourth-order valence-corrected chi connectivity index (χ4v) is 6.47. The standard InChI is InChI=1S/C38H75N2/c1-5-7-9-11-13-15-17-19-20-21-22-24-26-28-30-32-34-40-36-35-39(38(40)37(3)4)33-31-29-27-25-23-18-16-14-12-10-8-6-2/h35-37H,5-34H2,1-4H3/q+1. The van der Waals surface area contributed by atoms with Crippen molar-refractivity contribution >= 4 is 0 Å². The number of hydrogen-bond acceptors (Lipinski definition) is 0. The van der Waals surface area contributed by atoms with Crippen LogP contribution in [-0.4, -0.2) is 4.57 Å². The second-order valence-corrected chi connectivity index (χ2v) is 13.4. The summed E-state index contributed by atoms with van der Waals surface area (Å²) in [6.45, 7) is 11.8. The Hall–Kier alpha value is -0.790. The lowest BCUT2D eigenvalue weighted by molar-refractivity contribution is -0.705. The highest BCUT2D eigenvalue weighted by molar-refractivity contribution is 4.89. The third-order valence-electron chi connectivity index (χ3n) is 9.04. The van der Waals surface area contributed by atoms with Crippen LogP contribution in [-0.2, 0) is 13.1 Å². The summed E-state index contributed by atoms with van der Waals surface area (Å²) >= 11 is 0. The lowest BCUT2D eigenvalue weighted by atomic mass is 10.0. The molecule has 0 spiro atoms. The first-order chi connectivity index (χ1) is 19.7. The van der Waals surface area contributed by atoms with Gasteiger partial charge in [-0.2, -0.15) is 0 Å². The van der Waals surface area contributed by atoms with Gasteiger partial charge in [0.2, 0.25) is 0 Å². The Labute approximate surface area is 253 Å². The van der Waals surface area contributed by atoms with Gasteiger partial charge in [-0.05, 0) is 25.7 Å². The van der Waals surface area contributed by atoms with E-state index in [9.17, 15) is 0 Å². The Kier molecular flexibility index (Phi) is 26.4. The van der Waals surface area contributed by atoms with Crippen LogP contribution in [0.4, 0.5) is 0 Å². The Morgan fingerprint density at radius 1 is 0.475 bits per heavy atom. The number of nitrogens with zero attached hydrogens (tertiary/aromatic N) is 2. The molecule has 40 heavy (non-hydrogen) atoms. The van der Waals surface area contributed by atoms with Gasteiger partial charge < -0.3 is 0 Å². The number of rotatable bonds is 31. The summed E-state index contributed by atoms with van der Waals surface area (Å²) in [6.07, 6.45) is 45.0. The second-order valence-electron chi connectivity index (χ2n) is 13.4. The third kappa shape index (κ3) is 21.0. The normalized spacial score (nSPS) is 11.7. The first kappa shape index (κ1) is 37.2. The van der Waals surface area contributed by atoms with Crippen molar-refractivity contribution < 1.29 is 4.57 Å². The van der Waals surface area contributed by atoms with Gasteiger partial charge >= 0.3 is 0 Å². The van der Waals surface area contributed by atoms with E-state index in [2.05, 4.69) is 49.2 Å². The quantitative estimate of drug-likeness (QED) is 0.0631. The maximum Gasteiger partial charge on any atom is 0.258 e. The number of aromatic nitrogens is 2. The third-order valence-corrected chi connectivity index (χ3v) is 9.04.